The third-order valence-corrected chi connectivity index (χ3v) is 6.08. The maximum Gasteiger partial charge on any atom is 0.511 e. The van der Waals surface area contributed by atoms with Crippen LogP contribution in [0.3, 0.4) is 0 Å². The van der Waals surface area contributed by atoms with Crippen molar-refractivity contribution in [2.75, 3.05) is 26.2 Å². The highest BCUT2D eigenvalue weighted by atomic mass is 127. The summed E-state index contributed by atoms with van der Waals surface area (Å²) in [6.45, 7) is 1.82. The smallest absolute Gasteiger partial charge is 0.386 e. The average molecular weight is 568 g/mol. The van der Waals surface area contributed by atoms with Gasteiger partial charge in [0, 0.05) is 25.7 Å². The summed E-state index contributed by atoms with van der Waals surface area (Å²) in [6.07, 6.45) is -0.592. The first-order chi connectivity index (χ1) is 13.5. The van der Waals surface area contributed by atoms with Crippen molar-refractivity contribution in [2.45, 2.75) is 37.4 Å². The Morgan fingerprint density at radius 2 is 1.83 bits per heavy atom. The maximum atomic E-state index is 13.0. The van der Waals surface area contributed by atoms with Gasteiger partial charge in [0.2, 0.25) is 0 Å². The average Bonchev–Trinajstić information content (AvgIpc) is 2.66. The van der Waals surface area contributed by atoms with Crippen LogP contribution in [0.25, 0.3) is 0 Å². The Hall–Kier alpha value is -1.19. The van der Waals surface area contributed by atoms with Gasteiger partial charge in [-0.2, -0.15) is 17.5 Å². The van der Waals surface area contributed by atoms with Gasteiger partial charge in [-0.15, -0.1) is 24.0 Å². The van der Waals surface area contributed by atoms with Gasteiger partial charge in [-0.1, -0.05) is 12.1 Å². The van der Waals surface area contributed by atoms with Gasteiger partial charge in [0.25, 0.3) is 0 Å². The quantitative estimate of drug-likeness (QED) is 0.212. The molecule has 1 saturated heterocycles. The number of nitrogens with zero attached hydrogens (tertiary/aromatic N) is 2. The summed E-state index contributed by atoms with van der Waals surface area (Å²) in [5.41, 5.74) is -4.81. The van der Waals surface area contributed by atoms with Crippen molar-refractivity contribution in [2.24, 2.45) is 4.99 Å². The van der Waals surface area contributed by atoms with Gasteiger partial charge < -0.3 is 15.7 Å². The Morgan fingerprint density at radius 3 is 2.33 bits per heavy atom. The molecule has 0 aliphatic carbocycles. The van der Waals surface area contributed by atoms with Gasteiger partial charge >= 0.3 is 15.5 Å². The molecule has 0 amide bonds. The van der Waals surface area contributed by atoms with Gasteiger partial charge in [-0.25, -0.2) is 12.8 Å². The van der Waals surface area contributed by atoms with E-state index in [1.165, 1.54) is 24.3 Å². The molecule has 3 N–H and O–H groups in total. The summed E-state index contributed by atoms with van der Waals surface area (Å²) in [4.78, 5) is 4.25. The molecule has 2 rings (SSSR count). The lowest BCUT2D eigenvalue weighted by Gasteiger charge is -2.32. The zero-order valence-corrected chi connectivity index (χ0v) is 19.3. The van der Waals surface area contributed by atoms with Crippen molar-refractivity contribution in [3.63, 3.8) is 0 Å². The summed E-state index contributed by atoms with van der Waals surface area (Å²) in [6, 6.07) is 5.10. The van der Waals surface area contributed by atoms with Crippen molar-refractivity contribution >= 4 is 40.0 Å². The number of halogens is 5. The molecular weight excluding hydrogens is 543 g/mol. The normalized spacial score (nSPS) is 17.9. The number of benzene rings is 1. The van der Waals surface area contributed by atoms with Gasteiger partial charge in [0.15, 0.2) is 5.96 Å². The minimum Gasteiger partial charge on any atom is -0.386 e. The molecule has 1 heterocycles. The van der Waals surface area contributed by atoms with Gasteiger partial charge in [-0.3, -0.25) is 4.99 Å². The number of aliphatic imine (C=N–C) groups is 1. The van der Waals surface area contributed by atoms with Crippen LogP contribution in [0, 0.1) is 5.82 Å². The van der Waals surface area contributed by atoms with Crippen molar-refractivity contribution in [3.05, 3.63) is 35.6 Å². The number of piperidine rings is 1. The number of hydrogen-bond donors (Lipinski definition) is 3. The Kier molecular flexibility index (Phi) is 10.2. The van der Waals surface area contributed by atoms with Crippen molar-refractivity contribution in [1.29, 1.82) is 0 Å². The summed E-state index contributed by atoms with van der Waals surface area (Å²) in [5.74, 6) is -0.0656. The van der Waals surface area contributed by atoms with E-state index in [0.717, 1.165) is 0 Å². The molecule has 1 aliphatic rings. The van der Waals surface area contributed by atoms with Crippen molar-refractivity contribution in [1.82, 2.24) is 14.9 Å². The second-order valence-corrected chi connectivity index (χ2v) is 8.48. The van der Waals surface area contributed by atoms with E-state index < -0.39 is 27.5 Å². The van der Waals surface area contributed by atoms with Crippen LogP contribution in [-0.4, -0.2) is 61.5 Å². The van der Waals surface area contributed by atoms with E-state index in [1.807, 2.05) is 6.92 Å². The fraction of sp³-hybridized carbons (Fsp3) is 0.588. The molecule has 1 aliphatic heterocycles. The molecular formula is C17H25F4IN4O3S. The van der Waals surface area contributed by atoms with Crippen LogP contribution >= 0.6 is 24.0 Å². The molecule has 0 radical (unpaired) electrons. The summed E-state index contributed by atoms with van der Waals surface area (Å²) < 4.78 is 74.3. The first-order valence-corrected chi connectivity index (χ1v) is 10.5. The maximum absolute atomic E-state index is 13.0. The highest BCUT2D eigenvalue weighted by molar-refractivity contribution is 14.0. The zero-order chi connectivity index (χ0) is 21.7. The predicted octanol–water partition coefficient (Wildman–Crippen LogP) is 2.35. The second kappa shape index (κ2) is 11.4. The van der Waals surface area contributed by atoms with Crippen molar-refractivity contribution < 1.29 is 31.1 Å². The van der Waals surface area contributed by atoms with Crippen LogP contribution in [0.4, 0.5) is 17.6 Å². The van der Waals surface area contributed by atoms with Crippen LogP contribution in [0.15, 0.2) is 29.3 Å². The van der Waals surface area contributed by atoms with E-state index in [-0.39, 0.29) is 62.5 Å². The van der Waals surface area contributed by atoms with Crippen LogP contribution < -0.4 is 10.6 Å². The number of sulfonamides is 1. The fourth-order valence-electron chi connectivity index (χ4n) is 2.87. The predicted molar refractivity (Wildman–Crippen MR) is 115 cm³/mol. The highest BCUT2D eigenvalue weighted by Gasteiger charge is 2.50. The van der Waals surface area contributed by atoms with E-state index in [0.29, 0.717) is 22.4 Å². The lowest BCUT2D eigenvalue weighted by Crippen LogP contribution is -2.51. The Balaban J connectivity index is 0.00000450. The van der Waals surface area contributed by atoms with Crippen LogP contribution in [0.2, 0.25) is 0 Å². The molecule has 0 aromatic heterocycles. The Bertz CT molecular complexity index is 798. The molecule has 1 fully saturated rings. The summed E-state index contributed by atoms with van der Waals surface area (Å²) >= 11 is 0. The van der Waals surface area contributed by atoms with Crippen LogP contribution in [0.5, 0.6) is 0 Å². The molecule has 1 atom stereocenters. The third kappa shape index (κ3) is 7.20. The number of aliphatic hydroxyl groups is 1. The fourth-order valence-corrected chi connectivity index (χ4v) is 3.85. The molecule has 0 saturated carbocycles. The number of alkyl halides is 3. The standard InChI is InChI=1S/C17H24F4N4O3S.HI/c1-2-22-16(23-11-15(26)12-3-5-13(18)6-4-12)24-14-7-9-25(10-8-14)29(27,28)17(19,20)21;/h3-6,14-15,26H,2,7-11H2,1H3,(H2,22,23,24);1H. The minimum atomic E-state index is -5.32. The number of rotatable bonds is 6. The lowest BCUT2D eigenvalue weighted by atomic mass is 10.1. The Labute approximate surface area is 190 Å². The zero-order valence-electron chi connectivity index (χ0n) is 16.2. The minimum absolute atomic E-state index is 0. The number of guanidine groups is 1. The largest absolute Gasteiger partial charge is 0.511 e. The molecule has 0 bridgehead atoms. The number of aliphatic hydroxyl groups excluding tert-OH is 1. The lowest BCUT2D eigenvalue weighted by molar-refractivity contribution is -0.0494. The van der Waals surface area contributed by atoms with Crippen LogP contribution in [-0.2, 0) is 10.0 Å². The molecule has 13 heteroatoms. The highest BCUT2D eigenvalue weighted by Crippen LogP contribution is 2.28. The van der Waals surface area contributed by atoms with Crippen LogP contribution in [0.1, 0.15) is 31.4 Å². The third-order valence-electron chi connectivity index (χ3n) is 4.45. The van der Waals surface area contributed by atoms with Gasteiger partial charge in [0.05, 0.1) is 12.6 Å². The van der Waals surface area contributed by atoms with E-state index in [4.69, 9.17) is 0 Å². The Morgan fingerprint density at radius 1 is 1.27 bits per heavy atom. The summed E-state index contributed by atoms with van der Waals surface area (Å²) in [5, 5.41) is 16.2. The van der Waals surface area contributed by atoms with E-state index in [9.17, 15) is 31.1 Å². The van der Waals surface area contributed by atoms with Gasteiger partial charge in [0.1, 0.15) is 5.82 Å². The molecule has 1 unspecified atom stereocenters. The first kappa shape index (κ1) is 26.8. The molecule has 7 nitrogen and oxygen atoms in total. The number of hydrogen-bond acceptors (Lipinski definition) is 4. The molecule has 1 aromatic carbocycles. The molecule has 1 aromatic rings. The SMILES string of the molecule is CCNC(=NCC(O)c1ccc(F)cc1)NC1CCN(S(=O)(=O)C(F)(F)F)CC1.I. The van der Waals surface area contributed by atoms with E-state index in [2.05, 4.69) is 15.6 Å². The molecule has 0 spiro atoms. The van der Waals surface area contributed by atoms with Gasteiger partial charge in [-0.05, 0) is 37.5 Å². The molecule has 30 heavy (non-hydrogen) atoms. The molecule has 172 valence electrons. The van der Waals surface area contributed by atoms with Crippen molar-refractivity contribution in [3.8, 4) is 0 Å². The first-order valence-electron chi connectivity index (χ1n) is 9.09. The topological polar surface area (TPSA) is 94.0 Å². The second-order valence-electron chi connectivity index (χ2n) is 6.56. The monoisotopic (exact) mass is 568 g/mol. The van der Waals surface area contributed by atoms with E-state index in [1.54, 1.807) is 0 Å². The van der Waals surface area contributed by atoms with E-state index >= 15 is 0 Å². The summed E-state index contributed by atoms with van der Waals surface area (Å²) in [7, 11) is -5.32. The number of nitrogens with one attached hydrogen (secondary N) is 2.